The van der Waals surface area contributed by atoms with Gasteiger partial charge in [0.2, 0.25) is 0 Å². The molecule has 1 amide bonds. The van der Waals surface area contributed by atoms with Crippen LogP contribution in [0, 0.1) is 19.3 Å². The molecule has 2 saturated carbocycles. The molecule has 2 fully saturated rings. The molecule has 1 aliphatic heterocycles. The molecule has 3 aliphatic rings. The highest BCUT2D eigenvalue weighted by Crippen LogP contribution is 2.45. The van der Waals surface area contributed by atoms with Crippen LogP contribution in [-0.2, 0) is 16.0 Å². The lowest BCUT2D eigenvalue weighted by Crippen LogP contribution is -2.46. The van der Waals surface area contributed by atoms with Gasteiger partial charge >= 0.3 is 0 Å². The average Bonchev–Trinajstić information content (AvgIpc) is 3.18. The average molecular weight is 631 g/mol. The molecule has 1 heterocycles. The number of aryl methyl sites for hydroxylation is 2. The van der Waals surface area contributed by atoms with Gasteiger partial charge in [-0.05, 0) is 80.3 Å². The van der Waals surface area contributed by atoms with Crippen LogP contribution < -0.4 is 14.8 Å². The number of ether oxygens (including phenoxy) is 2. The summed E-state index contributed by atoms with van der Waals surface area (Å²) in [6, 6.07) is 7.44. The van der Waals surface area contributed by atoms with Crippen molar-refractivity contribution in [1.82, 2.24) is 5.32 Å². The fourth-order valence-corrected chi connectivity index (χ4v) is 7.65. The van der Waals surface area contributed by atoms with Crippen molar-refractivity contribution in [2.24, 2.45) is 5.41 Å². The normalized spacial score (nSPS) is 19.0. The van der Waals surface area contributed by atoms with Gasteiger partial charge in [0.25, 0.3) is 5.91 Å². The molecule has 0 radical (unpaired) electrons. The first kappa shape index (κ1) is 33.2. The number of nitrogens with one attached hydrogen (secondary N) is 1. The third-order valence-corrected chi connectivity index (χ3v) is 9.86. The Kier molecular flexibility index (Phi) is 10.8. The van der Waals surface area contributed by atoms with E-state index in [1.807, 2.05) is 32.0 Å². The predicted octanol–water partition coefficient (Wildman–Crippen LogP) is 8.89. The molecule has 43 heavy (non-hydrogen) atoms. The number of carbonyl (C=O) groups is 2. The van der Waals surface area contributed by atoms with E-state index in [2.05, 4.69) is 12.2 Å². The number of amides is 1. The second-order valence-corrected chi connectivity index (χ2v) is 13.7. The quantitative estimate of drug-likeness (QED) is 0.319. The number of benzene rings is 2. The van der Waals surface area contributed by atoms with Crippen molar-refractivity contribution in [1.29, 1.82) is 0 Å². The SMILES string of the molecule is COc1cc(C)cc(Cl)c1C1=C(O)C2(CCCCC2)NC1=O.COc1cc(C)cc(Cl)c1CC(=O)CC1(C)CCCCC1. The van der Waals surface area contributed by atoms with Crippen molar-refractivity contribution < 1.29 is 24.2 Å². The van der Waals surface area contributed by atoms with Crippen molar-refractivity contribution in [3.8, 4) is 11.5 Å². The van der Waals surface area contributed by atoms with Gasteiger partial charge < -0.3 is 19.9 Å². The summed E-state index contributed by atoms with van der Waals surface area (Å²) in [5, 5.41) is 14.8. The number of aliphatic hydroxyl groups excluding tert-OH is 1. The van der Waals surface area contributed by atoms with Crippen LogP contribution in [0.4, 0.5) is 0 Å². The number of rotatable bonds is 7. The van der Waals surface area contributed by atoms with Crippen molar-refractivity contribution in [2.45, 2.75) is 103 Å². The molecular formula is C35H45Cl2NO5. The van der Waals surface area contributed by atoms with Gasteiger partial charge in [-0.2, -0.15) is 0 Å². The number of hydrogen-bond donors (Lipinski definition) is 2. The maximum atomic E-state index is 12.5. The molecule has 0 unspecified atom stereocenters. The van der Waals surface area contributed by atoms with E-state index >= 15 is 0 Å². The molecule has 6 nitrogen and oxygen atoms in total. The van der Waals surface area contributed by atoms with E-state index in [0.717, 1.165) is 67.4 Å². The number of aliphatic hydroxyl groups is 1. The van der Waals surface area contributed by atoms with Gasteiger partial charge in [0.1, 0.15) is 23.0 Å². The van der Waals surface area contributed by atoms with Crippen molar-refractivity contribution >= 4 is 40.5 Å². The minimum absolute atomic E-state index is 0.112. The zero-order valence-corrected chi connectivity index (χ0v) is 27.6. The van der Waals surface area contributed by atoms with E-state index in [-0.39, 0.29) is 28.4 Å². The highest BCUT2D eigenvalue weighted by molar-refractivity contribution is 6.36. The highest BCUT2D eigenvalue weighted by atomic mass is 35.5. The summed E-state index contributed by atoms with van der Waals surface area (Å²) < 4.78 is 10.8. The Hall–Kier alpha value is -2.70. The lowest BCUT2D eigenvalue weighted by atomic mass is 9.72. The topological polar surface area (TPSA) is 84.9 Å². The fourth-order valence-electron chi connectivity index (χ4n) is 6.96. The molecule has 0 atom stereocenters. The number of hydrogen-bond acceptors (Lipinski definition) is 5. The number of Topliss-reactive ketones (excluding diaryl/α,β-unsaturated/α-hetero) is 1. The molecule has 0 aromatic heterocycles. The van der Waals surface area contributed by atoms with Gasteiger partial charge in [-0.3, -0.25) is 9.59 Å². The Labute approximate surface area is 266 Å². The molecule has 234 valence electrons. The van der Waals surface area contributed by atoms with E-state index in [9.17, 15) is 14.7 Å². The minimum atomic E-state index is -0.621. The number of ketones is 1. The molecule has 8 heteroatoms. The van der Waals surface area contributed by atoms with Gasteiger partial charge in [0.05, 0.1) is 35.9 Å². The Bertz CT molecular complexity index is 1390. The molecule has 0 saturated heterocycles. The summed E-state index contributed by atoms with van der Waals surface area (Å²) in [7, 11) is 3.16. The van der Waals surface area contributed by atoms with Crippen LogP contribution in [0.15, 0.2) is 30.0 Å². The second kappa shape index (κ2) is 13.9. The lowest BCUT2D eigenvalue weighted by Gasteiger charge is -2.33. The molecule has 1 spiro atoms. The molecule has 2 aromatic rings. The van der Waals surface area contributed by atoms with Gasteiger partial charge in [0, 0.05) is 23.4 Å². The first-order valence-corrected chi connectivity index (χ1v) is 16.1. The van der Waals surface area contributed by atoms with Crippen LogP contribution >= 0.6 is 23.2 Å². The first-order chi connectivity index (χ1) is 20.4. The summed E-state index contributed by atoms with van der Waals surface area (Å²) in [5.41, 5.74) is 3.11. The summed E-state index contributed by atoms with van der Waals surface area (Å²) in [6.07, 6.45) is 11.8. The van der Waals surface area contributed by atoms with Crippen molar-refractivity contribution in [2.75, 3.05) is 14.2 Å². The predicted molar refractivity (Wildman–Crippen MR) is 174 cm³/mol. The summed E-state index contributed by atoms with van der Waals surface area (Å²) in [4.78, 5) is 25.0. The van der Waals surface area contributed by atoms with Crippen LogP contribution in [0.1, 0.15) is 99.8 Å². The van der Waals surface area contributed by atoms with E-state index in [1.165, 1.54) is 26.4 Å². The molecule has 2 aromatic carbocycles. The van der Waals surface area contributed by atoms with Crippen molar-refractivity contribution in [3.63, 3.8) is 0 Å². The number of carbonyl (C=O) groups excluding carboxylic acids is 2. The summed E-state index contributed by atoms with van der Waals surface area (Å²) in [5.74, 6) is 1.34. The maximum Gasteiger partial charge on any atom is 0.256 e. The summed E-state index contributed by atoms with van der Waals surface area (Å²) >= 11 is 12.6. The second-order valence-electron chi connectivity index (χ2n) is 12.8. The van der Waals surface area contributed by atoms with E-state index < -0.39 is 5.54 Å². The van der Waals surface area contributed by atoms with E-state index in [1.54, 1.807) is 13.2 Å². The monoisotopic (exact) mass is 629 g/mol. The molecule has 2 N–H and O–H groups in total. The van der Waals surface area contributed by atoms with Gasteiger partial charge in [-0.15, -0.1) is 0 Å². The van der Waals surface area contributed by atoms with Crippen LogP contribution in [0.2, 0.25) is 10.0 Å². The van der Waals surface area contributed by atoms with E-state index in [0.29, 0.717) is 34.2 Å². The Morgan fingerprint density at radius 3 is 1.98 bits per heavy atom. The van der Waals surface area contributed by atoms with Crippen LogP contribution in [0.3, 0.4) is 0 Å². The Morgan fingerprint density at radius 2 is 1.40 bits per heavy atom. The smallest absolute Gasteiger partial charge is 0.256 e. The Morgan fingerprint density at radius 1 is 0.860 bits per heavy atom. The number of methoxy groups -OCH3 is 2. The standard InChI is InChI=1S/C18H25ClO2.C17H20ClNO3/c1-13-9-16(19)15(17(10-13)21-3)11-14(20)12-18(2)7-5-4-6-8-18;1-10-8-11(18)13(12(9-10)22-2)14-15(20)17(19-16(14)21)6-4-3-5-7-17/h9-10H,4-8,11-12H2,1-3H3;8-9,20H,3-7H2,1-2H3,(H,19,21). The van der Waals surface area contributed by atoms with Crippen LogP contribution in [-0.4, -0.2) is 36.6 Å². The van der Waals surface area contributed by atoms with Gasteiger partial charge in [-0.25, -0.2) is 0 Å². The minimum Gasteiger partial charge on any atom is -0.509 e. The lowest BCUT2D eigenvalue weighted by molar-refractivity contribution is -0.121. The number of halogens is 2. The first-order valence-electron chi connectivity index (χ1n) is 15.4. The maximum absolute atomic E-state index is 12.5. The van der Waals surface area contributed by atoms with Crippen LogP contribution in [0.5, 0.6) is 11.5 Å². The molecular weight excluding hydrogens is 585 g/mol. The molecule has 0 bridgehead atoms. The Balaban J connectivity index is 0.000000197. The molecule has 2 aliphatic carbocycles. The fraction of sp³-hybridized carbons (Fsp3) is 0.543. The third-order valence-electron chi connectivity index (χ3n) is 9.22. The highest BCUT2D eigenvalue weighted by Gasteiger charge is 2.47. The van der Waals surface area contributed by atoms with Gasteiger partial charge in [0.15, 0.2) is 0 Å². The summed E-state index contributed by atoms with van der Waals surface area (Å²) in [6.45, 7) is 6.13. The largest absolute Gasteiger partial charge is 0.509 e. The van der Waals surface area contributed by atoms with Gasteiger partial charge in [-0.1, -0.05) is 68.7 Å². The third kappa shape index (κ3) is 7.51. The zero-order chi connectivity index (χ0) is 31.4. The molecule has 5 rings (SSSR count). The van der Waals surface area contributed by atoms with Crippen molar-refractivity contribution in [3.05, 3.63) is 62.3 Å². The van der Waals surface area contributed by atoms with Crippen LogP contribution in [0.25, 0.3) is 5.57 Å². The van der Waals surface area contributed by atoms with E-state index in [4.69, 9.17) is 32.7 Å². The zero-order valence-electron chi connectivity index (χ0n) is 26.1.